The summed E-state index contributed by atoms with van der Waals surface area (Å²) in [6, 6.07) is 1.80. The molecule has 0 unspecified atom stereocenters. The van der Waals surface area contributed by atoms with Gasteiger partial charge >= 0.3 is 0 Å². The molecule has 4 N–H and O–H groups in total. The van der Waals surface area contributed by atoms with Crippen molar-refractivity contribution in [3.05, 3.63) is 11.9 Å². The van der Waals surface area contributed by atoms with Gasteiger partial charge in [0.2, 0.25) is 5.91 Å². The number of hydrogen-bond donors (Lipinski definition) is 3. The van der Waals surface area contributed by atoms with Crippen molar-refractivity contribution in [2.45, 2.75) is 32.6 Å². The van der Waals surface area contributed by atoms with E-state index in [1.54, 1.807) is 6.07 Å². The second-order valence-corrected chi connectivity index (χ2v) is 5.11. The molecule has 1 aromatic heterocycles. The van der Waals surface area contributed by atoms with Crippen molar-refractivity contribution in [2.24, 2.45) is 5.73 Å². The molecule has 0 saturated heterocycles. The van der Waals surface area contributed by atoms with Gasteiger partial charge in [-0.3, -0.25) is 4.79 Å². The number of nitrogens with zero attached hydrogens (tertiary/aromatic N) is 2. The van der Waals surface area contributed by atoms with Crippen molar-refractivity contribution in [3.8, 4) is 0 Å². The summed E-state index contributed by atoms with van der Waals surface area (Å²) in [5.41, 5.74) is 4.96. The molecule has 1 amide bonds. The molecule has 1 aromatic rings. The molecule has 100 valence electrons. The van der Waals surface area contributed by atoms with Crippen LogP contribution in [-0.2, 0) is 10.2 Å². The predicted octanol–water partition coefficient (Wildman–Crippen LogP) is 1.10. The van der Waals surface area contributed by atoms with Gasteiger partial charge in [0, 0.05) is 31.5 Å². The Bertz CT molecular complexity index is 425. The van der Waals surface area contributed by atoms with Crippen LogP contribution in [-0.4, -0.2) is 29.5 Å². The fourth-order valence-corrected chi connectivity index (χ4v) is 1.32. The molecule has 0 aromatic carbocycles. The van der Waals surface area contributed by atoms with Crippen LogP contribution in [0.5, 0.6) is 0 Å². The first kappa shape index (κ1) is 14.2. The third-order valence-electron chi connectivity index (χ3n) is 2.33. The minimum Gasteiger partial charge on any atom is -0.373 e. The van der Waals surface area contributed by atoms with E-state index in [2.05, 4.69) is 41.4 Å². The molecule has 0 bridgehead atoms. The Morgan fingerprint density at radius 3 is 2.44 bits per heavy atom. The molecule has 0 radical (unpaired) electrons. The summed E-state index contributed by atoms with van der Waals surface area (Å²) in [6.45, 7) is 6.62. The van der Waals surface area contributed by atoms with Crippen molar-refractivity contribution >= 4 is 17.5 Å². The van der Waals surface area contributed by atoms with Gasteiger partial charge < -0.3 is 16.4 Å². The second kappa shape index (κ2) is 5.66. The van der Waals surface area contributed by atoms with Gasteiger partial charge in [-0.05, 0) is 0 Å². The Balaban J connectivity index is 2.87. The van der Waals surface area contributed by atoms with Crippen LogP contribution in [0.15, 0.2) is 6.07 Å². The number of primary amides is 1. The maximum Gasteiger partial charge on any atom is 0.219 e. The van der Waals surface area contributed by atoms with Crippen molar-refractivity contribution in [1.29, 1.82) is 0 Å². The molecule has 0 spiro atoms. The van der Waals surface area contributed by atoms with Crippen LogP contribution in [0.3, 0.4) is 0 Å². The van der Waals surface area contributed by atoms with Gasteiger partial charge in [0.25, 0.3) is 0 Å². The molecule has 0 atom stereocenters. The third kappa shape index (κ3) is 4.20. The standard InChI is InChI=1S/C12H21N5O/c1-12(2,3)11-16-9(14-4)7-10(17-11)15-6-5-8(13)18/h7H,5-6H2,1-4H3,(H2,13,18)(H2,14,15,16,17). The van der Waals surface area contributed by atoms with Crippen LogP contribution in [0.2, 0.25) is 0 Å². The smallest absolute Gasteiger partial charge is 0.219 e. The average Bonchev–Trinajstić information content (AvgIpc) is 2.27. The molecular formula is C12H21N5O. The number of nitrogens with two attached hydrogens (primary N) is 1. The summed E-state index contributed by atoms with van der Waals surface area (Å²) in [5.74, 6) is 1.86. The highest BCUT2D eigenvalue weighted by atomic mass is 16.1. The molecule has 0 aliphatic heterocycles. The molecule has 0 saturated carbocycles. The predicted molar refractivity (Wildman–Crippen MR) is 72.6 cm³/mol. The lowest BCUT2D eigenvalue weighted by atomic mass is 9.96. The fraction of sp³-hybridized carbons (Fsp3) is 0.583. The average molecular weight is 251 g/mol. The van der Waals surface area contributed by atoms with E-state index in [1.807, 2.05) is 7.05 Å². The molecule has 0 aliphatic rings. The van der Waals surface area contributed by atoms with E-state index in [4.69, 9.17) is 5.73 Å². The summed E-state index contributed by atoms with van der Waals surface area (Å²) in [6.07, 6.45) is 0.281. The SMILES string of the molecule is CNc1cc(NCCC(N)=O)nc(C(C)(C)C)n1. The zero-order valence-electron chi connectivity index (χ0n) is 11.4. The van der Waals surface area contributed by atoms with Gasteiger partial charge in [-0.2, -0.15) is 0 Å². The normalized spacial score (nSPS) is 11.1. The Hall–Kier alpha value is -1.85. The molecule has 1 heterocycles. The fourth-order valence-electron chi connectivity index (χ4n) is 1.32. The number of anilines is 2. The molecule has 6 nitrogen and oxygen atoms in total. The number of aromatic nitrogens is 2. The number of carbonyl (C=O) groups is 1. The van der Waals surface area contributed by atoms with Crippen LogP contribution in [0.4, 0.5) is 11.6 Å². The lowest BCUT2D eigenvalue weighted by Crippen LogP contribution is -2.20. The summed E-state index contributed by atoms with van der Waals surface area (Å²) in [5, 5.41) is 6.07. The van der Waals surface area contributed by atoms with Gasteiger partial charge in [0.15, 0.2) is 0 Å². The number of carbonyl (C=O) groups excluding carboxylic acids is 1. The van der Waals surface area contributed by atoms with E-state index in [0.29, 0.717) is 12.4 Å². The number of hydrogen-bond acceptors (Lipinski definition) is 5. The summed E-state index contributed by atoms with van der Waals surface area (Å²) in [7, 11) is 1.81. The van der Waals surface area contributed by atoms with E-state index in [9.17, 15) is 4.79 Å². The van der Waals surface area contributed by atoms with Crippen LogP contribution in [0, 0.1) is 0 Å². The minimum absolute atomic E-state index is 0.132. The Kier molecular flexibility index (Phi) is 4.47. The van der Waals surface area contributed by atoms with Gasteiger partial charge in [-0.25, -0.2) is 9.97 Å². The Labute approximate surface area is 107 Å². The van der Waals surface area contributed by atoms with Gasteiger partial charge in [0.1, 0.15) is 17.5 Å². The molecule has 18 heavy (non-hydrogen) atoms. The van der Waals surface area contributed by atoms with E-state index in [-0.39, 0.29) is 17.7 Å². The first-order chi connectivity index (χ1) is 8.32. The molecule has 0 aliphatic carbocycles. The highest BCUT2D eigenvalue weighted by molar-refractivity contribution is 5.74. The molecule has 0 fully saturated rings. The minimum atomic E-state index is -0.332. The van der Waals surface area contributed by atoms with E-state index < -0.39 is 0 Å². The number of amides is 1. The molecule has 1 rings (SSSR count). The highest BCUT2D eigenvalue weighted by Crippen LogP contribution is 2.21. The molecular weight excluding hydrogens is 230 g/mol. The largest absolute Gasteiger partial charge is 0.373 e. The number of rotatable bonds is 5. The van der Waals surface area contributed by atoms with E-state index in [0.717, 1.165) is 11.6 Å². The summed E-state index contributed by atoms with van der Waals surface area (Å²) < 4.78 is 0. The maximum absolute atomic E-state index is 10.7. The van der Waals surface area contributed by atoms with Crippen molar-refractivity contribution in [2.75, 3.05) is 24.2 Å². The van der Waals surface area contributed by atoms with Crippen molar-refractivity contribution in [1.82, 2.24) is 9.97 Å². The first-order valence-electron chi connectivity index (χ1n) is 5.92. The zero-order chi connectivity index (χ0) is 13.8. The van der Waals surface area contributed by atoms with Gasteiger partial charge in [-0.1, -0.05) is 20.8 Å². The van der Waals surface area contributed by atoms with Gasteiger partial charge in [0.05, 0.1) is 0 Å². The second-order valence-electron chi connectivity index (χ2n) is 5.11. The maximum atomic E-state index is 10.7. The van der Waals surface area contributed by atoms with Crippen LogP contribution >= 0.6 is 0 Å². The topological polar surface area (TPSA) is 92.9 Å². The summed E-state index contributed by atoms with van der Waals surface area (Å²) in [4.78, 5) is 19.5. The van der Waals surface area contributed by atoms with E-state index >= 15 is 0 Å². The monoisotopic (exact) mass is 251 g/mol. The number of nitrogens with one attached hydrogen (secondary N) is 2. The quantitative estimate of drug-likeness (QED) is 0.728. The van der Waals surface area contributed by atoms with Gasteiger partial charge in [-0.15, -0.1) is 0 Å². The Morgan fingerprint density at radius 2 is 1.94 bits per heavy atom. The zero-order valence-corrected chi connectivity index (χ0v) is 11.4. The summed E-state index contributed by atoms with van der Waals surface area (Å²) >= 11 is 0. The lowest BCUT2D eigenvalue weighted by Gasteiger charge is -2.18. The Morgan fingerprint density at radius 1 is 1.33 bits per heavy atom. The van der Waals surface area contributed by atoms with E-state index in [1.165, 1.54) is 0 Å². The van der Waals surface area contributed by atoms with Crippen molar-refractivity contribution in [3.63, 3.8) is 0 Å². The lowest BCUT2D eigenvalue weighted by molar-refractivity contribution is -0.117. The van der Waals surface area contributed by atoms with Crippen LogP contribution in [0.1, 0.15) is 33.0 Å². The van der Waals surface area contributed by atoms with Crippen molar-refractivity contribution < 1.29 is 4.79 Å². The molecule has 6 heteroatoms. The van der Waals surface area contributed by atoms with Crippen LogP contribution in [0.25, 0.3) is 0 Å². The third-order valence-corrected chi connectivity index (χ3v) is 2.33. The first-order valence-corrected chi connectivity index (χ1v) is 5.92. The highest BCUT2D eigenvalue weighted by Gasteiger charge is 2.18. The van der Waals surface area contributed by atoms with Crippen LogP contribution < -0.4 is 16.4 Å².